The van der Waals surface area contributed by atoms with E-state index >= 15 is 0 Å². The topological polar surface area (TPSA) is 28.4 Å². The van der Waals surface area contributed by atoms with Crippen LogP contribution < -0.4 is 5.32 Å². The first-order valence-electron chi connectivity index (χ1n) is 7.35. The van der Waals surface area contributed by atoms with Crippen LogP contribution in [0.1, 0.15) is 43.0 Å². The van der Waals surface area contributed by atoms with Crippen molar-refractivity contribution < 1.29 is 4.42 Å². The molecule has 102 valence electrons. The number of hydrogen-bond acceptors (Lipinski definition) is 3. The van der Waals surface area contributed by atoms with Crippen LogP contribution in [0, 0.1) is 12.3 Å². The second-order valence-corrected chi connectivity index (χ2v) is 5.67. The molecule has 1 aliphatic carbocycles. The summed E-state index contributed by atoms with van der Waals surface area (Å²) in [5, 5.41) is 3.82. The molecular weight excluding hydrogens is 236 g/mol. The van der Waals surface area contributed by atoms with Gasteiger partial charge in [-0.3, -0.25) is 4.90 Å². The zero-order valence-corrected chi connectivity index (χ0v) is 11.4. The highest BCUT2D eigenvalue weighted by molar-refractivity contribution is 5.24. The Morgan fingerprint density at radius 3 is 3.00 bits per heavy atom. The number of nitrogens with one attached hydrogen (secondary N) is 1. The van der Waals surface area contributed by atoms with Crippen LogP contribution >= 0.6 is 0 Å². The number of fused-ring (bicyclic) bond motifs is 1. The van der Waals surface area contributed by atoms with E-state index in [1.165, 1.54) is 37.0 Å². The number of terminal acetylenes is 1. The SMILES string of the molecule is C#CCN1CCC(NC2CCCc3occc32)CC1. The van der Waals surface area contributed by atoms with Crippen molar-refractivity contribution in [2.75, 3.05) is 19.6 Å². The lowest BCUT2D eigenvalue weighted by molar-refractivity contribution is 0.205. The van der Waals surface area contributed by atoms with E-state index in [2.05, 4.69) is 22.2 Å². The van der Waals surface area contributed by atoms with E-state index in [0.29, 0.717) is 12.1 Å². The summed E-state index contributed by atoms with van der Waals surface area (Å²) in [6.45, 7) is 3.03. The predicted molar refractivity (Wildman–Crippen MR) is 75.8 cm³/mol. The summed E-state index contributed by atoms with van der Waals surface area (Å²) < 4.78 is 5.55. The molecule has 0 radical (unpaired) electrons. The Labute approximate surface area is 115 Å². The van der Waals surface area contributed by atoms with Gasteiger partial charge >= 0.3 is 0 Å². The van der Waals surface area contributed by atoms with Crippen molar-refractivity contribution in [3.63, 3.8) is 0 Å². The maximum Gasteiger partial charge on any atom is 0.108 e. The minimum Gasteiger partial charge on any atom is -0.469 e. The largest absolute Gasteiger partial charge is 0.469 e. The van der Waals surface area contributed by atoms with Crippen LogP contribution in [-0.2, 0) is 6.42 Å². The first kappa shape index (κ1) is 12.8. The Morgan fingerprint density at radius 1 is 1.37 bits per heavy atom. The van der Waals surface area contributed by atoms with Crippen LogP contribution in [0.5, 0.6) is 0 Å². The van der Waals surface area contributed by atoms with Crippen LogP contribution in [0.25, 0.3) is 0 Å². The van der Waals surface area contributed by atoms with Gasteiger partial charge in [0.2, 0.25) is 0 Å². The number of aryl methyl sites for hydroxylation is 1. The van der Waals surface area contributed by atoms with Crippen molar-refractivity contribution in [3.05, 3.63) is 23.7 Å². The number of hydrogen-bond donors (Lipinski definition) is 1. The fraction of sp³-hybridized carbons (Fsp3) is 0.625. The highest BCUT2D eigenvalue weighted by Crippen LogP contribution is 2.31. The van der Waals surface area contributed by atoms with Gasteiger partial charge in [0.05, 0.1) is 12.8 Å². The van der Waals surface area contributed by atoms with E-state index in [1.807, 2.05) is 6.26 Å². The quantitative estimate of drug-likeness (QED) is 0.844. The van der Waals surface area contributed by atoms with Gasteiger partial charge in [-0.25, -0.2) is 0 Å². The Bertz CT molecular complexity index is 452. The molecule has 0 bridgehead atoms. The molecule has 1 N–H and O–H groups in total. The maximum atomic E-state index is 5.55. The molecule has 0 aromatic carbocycles. The van der Waals surface area contributed by atoms with Crippen LogP contribution in [0.15, 0.2) is 16.7 Å². The van der Waals surface area contributed by atoms with Gasteiger partial charge in [-0.2, -0.15) is 0 Å². The predicted octanol–water partition coefficient (Wildman–Crippen LogP) is 2.34. The van der Waals surface area contributed by atoms with E-state index in [-0.39, 0.29) is 0 Å². The van der Waals surface area contributed by atoms with Crippen LogP contribution in [0.4, 0.5) is 0 Å². The summed E-state index contributed by atoms with van der Waals surface area (Å²) in [6.07, 6.45) is 13.2. The molecule has 1 aromatic heterocycles. The van der Waals surface area contributed by atoms with Gasteiger partial charge in [-0.05, 0) is 31.7 Å². The van der Waals surface area contributed by atoms with Crippen LogP contribution in [-0.4, -0.2) is 30.6 Å². The average molecular weight is 258 g/mol. The lowest BCUT2D eigenvalue weighted by Gasteiger charge is -2.34. The zero-order valence-electron chi connectivity index (χ0n) is 11.4. The van der Waals surface area contributed by atoms with Gasteiger partial charge in [0, 0.05) is 37.2 Å². The third-order valence-electron chi connectivity index (χ3n) is 4.39. The van der Waals surface area contributed by atoms with Gasteiger partial charge < -0.3 is 9.73 Å². The fourth-order valence-corrected chi connectivity index (χ4v) is 3.33. The molecule has 2 aliphatic rings. The standard InChI is InChI=1S/C16H22N2O/c1-2-9-18-10-6-13(7-11-18)17-15-4-3-5-16-14(15)8-12-19-16/h1,8,12-13,15,17H,3-7,9-11H2. The van der Waals surface area contributed by atoms with Gasteiger partial charge in [0.25, 0.3) is 0 Å². The Kier molecular flexibility index (Phi) is 3.91. The van der Waals surface area contributed by atoms with E-state index in [4.69, 9.17) is 10.8 Å². The maximum absolute atomic E-state index is 5.55. The van der Waals surface area contributed by atoms with Gasteiger partial charge in [-0.1, -0.05) is 5.92 Å². The van der Waals surface area contributed by atoms with E-state index in [1.54, 1.807) is 0 Å². The highest BCUT2D eigenvalue weighted by atomic mass is 16.3. The number of piperidine rings is 1. The van der Waals surface area contributed by atoms with Gasteiger partial charge in [-0.15, -0.1) is 6.42 Å². The Morgan fingerprint density at radius 2 is 2.21 bits per heavy atom. The average Bonchev–Trinajstić information content (AvgIpc) is 2.91. The number of rotatable bonds is 3. The fourth-order valence-electron chi connectivity index (χ4n) is 3.33. The number of furan rings is 1. The van der Waals surface area contributed by atoms with Crippen molar-refractivity contribution in [2.45, 2.75) is 44.2 Å². The molecule has 0 saturated carbocycles. The molecule has 1 aromatic rings. The van der Waals surface area contributed by atoms with Crippen LogP contribution in [0.3, 0.4) is 0 Å². The third kappa shape index (κ3) is 2.86. The Hall–Kier alpha value is -1.24. The normalized spacial score (nSPS) is 24.9. The first-order valence-corrected chi connectivity index (χ1v) is 7.35. The molecule has 1 unspecified atom stereocenters. The summed E-state index contributed by atoms with van der Waals surface area (Å²) in [6, 6.07) is 3.26. The summed E-state index contributed by atoms with van der Waals surface area (Å²) in [5.41, 5.74) is 1.39. The van der Waals surface area contributed by atoms with Crippen molar-refractivity contribution >= 4 is 0 Å². The molecule has 2 heterocycles. The molecule has 1 aliphatic heterocycles. The lowest BCUT2D eigenvalue weighted by Crippen LogP contribution is -2.44. The second-order valence-electron chi connectivity index (χ2n) is 5.67. The van der Waals surface area contributed by atoms with Crippen LogP contribution in [0.2, 0.25) is 0 Å². The van der Waals surface area contributed by atoms with Crippen molar-refractivity contribution in [2.24, 2.45) is 0 Å². The third-order valence-corrected chi connectivity index (χ3v) is 4.39. The summed E-state index contributed by atoms with van der Waals surface area (Å²) in [5.74, 6) is 3.92. The van der Waals surface area contributed by atoms with E-state index in [9.17, 15) is 0 Å². The summed E-state index contributed by atoms with van der Waals surface area (Å²) in [4.78, 5) is 2.36. The highest BCUT2D eigenvalue weighted by Gasteiger charge is 2.26. The summed E-state index contributed by atoms with van der Waals surface area (Å²) in [7, 11) is 0. The first-order chi connectivity index (χ1) is 9.36. The molecule has 3 heteroatoms. The van der Waals surface area contributed by atoms with Crippen molar-refractivity contribution in [1.82, 2.24) is 10.2 Å². The van der Waals surface area contributed by atoms with Gasteiger partial charge in [0.15, 0.2) is 0 Å². The van der Waals surface area contributed by atoms with Crippen molar-refractivity contribution in [1.29, 1.82) is 0 Å². The molecule has 1 saturated heterocycles. The number of nitrogens with zero attached hydrogens (tertiary/aromatic N) is 1. The lowest BCUT2D eigenvalue weighted by atomic mass is 9.91. The molecule has 1 atom stereocenters. The molecule has 0 amide bonds. The molecule has 0 spiro atoms. The second kappa shape index (κ2) is 5.81. The molecule has 19 heavy (non-hydrogen) atoms. The molecular formula is C16H22N2O. The van der Waals surface area contributed by atoms with E-state index < -0.39 is 0 Å². The summed E-state index contributed by atoms with van der Waals surface area (Å²) >= 11 is 0. The molecule has 3 rings (SSSR count). The molecule has 3 nitrogen and oxygen atoms in total. The smallest absolute Gasteiger partial charge is 0.108 e. The zero-order chi connectivity index (χ0) is 13.1. The van der Waals surface area contributed by atoms with Gasteiger partial charge in [0.1, 0.15) is 5.76 Å². The number of likely N-dealkylation sites (tertiary alicyclic amines) is 1. The molecule has 1 fully saturated rings. The monoisotopic (exact) mass is 258 g/mol. The Balaban J connectivity index is 1.55. The minimum atomic E-state index is 0.492. The minimum absolute atomic E-state index is 0.492. The van der Waals surface area contributed by atoms with E-state index in [0.717, 1.165) is 26.1 Å². The van der Waals surface area contributed by atoms with Crippen molar-refractivity contribution in [3.8, 4) is 12.3 Å².